The van der Waals surface area contributed by atoms with Crippen molar-refractivity contribution in [3.8, 4) is 11.5 Å². The first-order chi connectivity index (χ1) is 12.5. The maximum atomic E-state index is 5.45. The number of ether oxygens (including phenoxy) is 3. The number of morpholine rings is 1. The van der Waals surface area contributed by atoms with Gasteiger partial charge < -0.3 is 24.8 Å². The van der Waals surface area contributed by atoms with Crippen molar-refractivity contribution in [2.24, 2.45) is 4.99 Å². The molecule has 2 N–H and O–H groups in total. The van der Waals surface area contributed by atoms with Crippen LogP contribution in [0.2, 0.25) is 0 Å². The van der Waals surface area contributed by atoms with Crippen LogP contribution in [0.15, 0.2) is 23.2 Å². The van der Waals surface area contributed by atoms with E-state index in [1.165, 1.54) is 0 Å². The molecule has 0 atom stereocenters. The van der Waals surface area contributed by atoms with Crippen molar-refractivity contribution >= 4 is 29.9 Å². The molecule has 1 aromatic rings. The topological polar surface area (TPSA) is 67.4 Å². The van der Waals surface area contributed by atoms with Crippen LogP contribution in [0.5, 0.6) is 11.5 Å². The average Bonchev–Trinajstić information content (AvgIpc) is 2.68. The normalized spacial score (nSPS) is 15.7. The lowest BCUT2D eigenvalue weighted by atomic mass is 10.0. The minimum Gasteiger partial charge on any atom is -0.493 e. The molecular weight excluding hydrogens is 459 g/mol. The van der Waals surface area contributed by atoms with Gasteiger partial charge in [0.25, 0.3) is 0 Å². The summed E-state index contributed by atoms with van der Waals surface area (Å²) in [6.07, 6.45) is 0. The lowest BCUT2D eigenvalue weighted by Gasteiger charge is -2.41. The van der Waals surface area contributed by atoms with Gasteiger partial charge in [-0.15, -0.1) is 24.0 Å². The first kappa shape index (κ1) is 23.8. The Morgan fingerprint density at radius 3 is 2.41 bits per heavy atom. The second-order valence-electron chi connectivity index (χ2n) is 6.88. The molecule has 0 unspecified atom stereocenters. The van der Waals surface area contributed by atoms with Crippen LogP contribution in [0.3, 0.4) is 0 Å². The molecule has 1 heterocycles. The second kappa shape index (κ2) is 11.6. The zero-order chi connectivity index (χ0) is 19.0. The summed E-state index contributed by atoms with van der Waals surface area (Å²) >= 11 is 0. The highest BCUT2D eigenvalue weighted by Gasteiger charge is 2.28. The van der Waals surface area contributed by atoms with E-state index in [0.29, 0.717) is 6.54 Å². The first-order valence-electron chi connectivity index (χ1n) is 8.98. The summed E-state index contributed by atoms with van der Waals surface area (Å²) in [5.74, 6) is 2.23. The minimum absolute atomic E-state index is 0. The van der Waals surface area contributed by atoms with Crippen LogP contribution in [0.4, 0.5) is 0 Å². The van der Waals surface area contributed by atoms with E-state index < -0.39 is 0 Å². The molecule has 7 nitrogen and oxygen atoms in total. The van der Waals surface area contributed by atoms with Crippen molar-refractivity contribution in [2.45, 2.75) is 25.9 Å². The summed E-state index contributed by atoms with van der Waals surface area (Å²) in [7, 11) is 5.06. The van der Waals surface area contributed by atoms with Crippen molar-refractivity contribution in [1.29, 1.82) is 0 Å². The van der Waals surface area contributed by atoms with Crippen LogP contribution >= 0.6 is 24.0 Å². The van der Waals surface area contributed by atoms with Gasteiger partial charge in [-0.1, -0.05) is 6.07 Å². The van der Waals surface area contributed by atoms with Crippen LogP contribution in [-0.2, 0) is 11.3 Å². The Morgan fingerprint density at radius 2 is 1.81 bits per heavy atom. The molecule has 0 saturated carbocycles. The fourth-order valence-corrected chi connectivity index (χ4v) is 2.98. The number of aliphatic imine (C=N–C) groups is 1. The highest BCUT2D eigenvalue weighted by molar-refractivity contribution is 14.0. The predicted octanol–water partition coefficient (Wildman–Crippen LogP) is 2.10. The monoisotopic (exact) mass is 492 g/mol. The number of methoxy groups -OCH3 is 2. The fourth-order valence-electron chi connectivity index (χ4n) is 2.98. The van der Waals surface area contributed by atoms with E-state index in [1.807, 2.05) is 18.2 Å². The van der Waals surface area contributed by atoms with E-state index >= 15 is 0 Å². The maximum Gasteiger partial charge on any atom is 0.191 e. The SMILES string of the molecule is CN=C(NCc1ccc(OC)c(OC)c1)NCC(C)(C)N1CCOCC1.I. The molecule has 0 spiro atoms. The highest BCUT2D eigenvalue weighted by Crippen LogP contribution is 2.27. The number of hydrogen-bond acceptors (Lipinski definition) is 5. The summed E-state index contributed by atoms with van der Waals surface area (Å²) < 4.78 is 16.1. The van der Waals surface area contributed by atoms with Crippen molar-refractivity contribution < 1.29 is 14.2 Å². The number of hydrogen-bond donors (Lipinski definition) is 2. The van der Waals surface area contributed by atoms with Crippen LogP contribution in [0, 0.1) is 0 Å². The van der Waals surface area contributed by atoms with Crippen molar-refractivity contribution in [2.75, 3.05) is 54.1 Å². The summed E-state index contributed by atoms with van der Waals surface area (Å²) in [6, 6.07) is 5.89. The van der Waals surface area contributed by atoms with Gasteiger partial charge in [0.15, 0.2) is 17.5 Å². The molecule has 1 aliphatic heterocycles. The number of benzene rings is 1. The maximum absolute atomic E-state index is 5.45. The quantitative estimate of drug-likeness (QED) is 0.346. The van der Waals surface area contributed by atoms with Gasteiger partial charge in [-0.2, -0.15) is 0 Å². The average molecular weight is 492 g/mol. The zero-order valence-electron chi connectivity index (χ0n) is 17.0. The van der Waals surface area contributed by atoms with Gasteiger partial charge in [0.1, 0.15) is 0 Å². The molecule has 0 aromatic heterocycles. The Labute approximate surface area is 179 Å². The minimum atomic E-state index is 0. The largest absolute Gasteiger partial charge is 0.493 e. The third kappa shape index (κ3) is 7.00. The van der Waals surface area contributed by atoms with Gasteiger partial charge in [0.05, 0.1) is 27.4 Å². The smallest absolute Gasteiger partial charge is 0.191 e. The number of halogens is 1. The molecule has 27 heavy (non-hydrogen) atoms. The van der Waals surface area contributed by atoms with Gasteiger partial charge in [0.2, 0.25) is 0 Å². The molecule has 154 valence electrons. The number of guanidine groups is 1. The van der Waals surface area contributed by atoms with Crippen molar-refractivity contribution in [1.82, 2.24) is 15.5 Å². The van der Waals surface area contributed by atoms with Crippen molar-refractivity contribution in [3.05, 3.63) is 23.8 Å². The third-order valence-corrected chi connectivity index (χ3v) is 4.69. The van der Waals surface area contributed by atoms with Crippen LogP contribution < -0.4 is 20.1 Å². The van der Waals surface area contributed by atoms with Gasteiger partial charge in [-0.25, -0.2) is 0 Å². The van der Waals surface area contributed by atoms with Crippen molar-refractivity contribution in [3.63, 3.8) is 0 Å². The zero-order valence-corrected chi connectivity index (χ0v) is 19.3. The fraction of sp³-hybridized carbons (Fsp3) is 0.632. The molecule has 2 rings (SSSR count). The molecule has 0 aliphatic carbocycles. The molecule has 0 amide bonds. The van der Waals surface area contributed by atoms with E-state index in [2.05, 4.69) is 34.4 Å². The molecule has 1 aromatic carbocycles. The third-order valence-electron chi connectivity index (χ3n) is 4.69. The highest BCUT2D eigenvalue weighted by atomic mass is 127. The van der Waals surface area contributed by atoms with Crippen LogP contribution in [0.25, 0.3) is 0 Å². The summed E-state index contributed by atoms with van der Waals surface area (Å²) in [5, 5.41) is 6.78. The Bertz CT molecular complexity index is 605. The molecule has 0 radical (unpaired) electrons. The molecule has 1 aliphatic rings. The molecule has 8 heteroatoms. The van der Waals surface area contributed by atoms with Gasteiger partial charge in [-0.05, 0) is 31.5 Å². The van der Waals surface area contributed by atoms with Gasteiger partial charge in [-0.3, -0.25) is 9.89 Å². The standard InChI is InChI=1S/C19H32N4O3.HI/c1-19(2,23-8-10-26-11-9-23)14-22-18(20-3)21-13-15-6-7-16(24-4)17(12-15)25-5;/h6-7,12H,8-11,13-14H2,1-5H3,(H2,20,21,22);1H. The Hall–Kier alpha value is -1.26. The molecule has 1 fully saturated rings. The molecular formula is C19H33IN4O3. The van der Waals surface area contributed by atoms with Gasteiger partial charge in [0, 0.05) is 38.8 Å². The number of nitrogens with one attached hydrogen (secondary N) is 2. The predicted molar refractivity (Wildman–Crippen MR) is 120 cm³/mol. The summed E-state index contributed by atoms with van der Waals surface area (Å²) in [4.78, 5) is 6.77. The van der Waals surface area contributed by atoms with E-state index in [-0.39, 0.29) is 29.5 Å². The number of nitrogens with zero attached hydrogens (tertiary/aromatic N) is 2. The molecule has 1 saturated heterocycles. The lowest BCUT2D eigenvalue weighted by Crippen LogP contribution is -2.56. The van der Waals surface area contributed by atoms with Crippen LogP contribution in [-0.4, -0.2) is 70.5 Å². The second-order valence-corrected chi connectivity index (χ2v) is 6.88. The Morgan fingerprint density at radius 1 is 1.15 bits per heavy atom. The van der Waals surface area contributed by atoms with E-state index in [0.717, 1.165) is 55.9 Å². The Balaban J connectivity index is 0.00000364. The van der Waals surface area contributed by atoms with Gasteiger partial charge >= 0.3 is 0 Å². The first-order valence-corrected chi connectivity index (χ1v) is 8.98. The lowest BCUT2D eigenvalue weighted by molar-refractivity contribution is -0.00834. The number of rotatable bonds is 7. The molecule has 0 bridgehead atoms. The summed E-state index contributed by atoms with van der Waals surface area (Å²) in [6.45, 7) is 9.47. The van der Waals surface area contributed by atoms with E-state index in [4.69, 9.17) is 14.2 Å². The van der Waals surface area contributed by atoms with E-state index in [1.54, 1.807) is 21.3 Å². The van der Waals surface area contributed by atoms with E-state index in [9.17, 15) is 0 Å². The summed E-state index contributed by atoms with van der Waals surface area (Å²) in [5.41, 5.74) is 1.13. The Kier molecular flexibility index (Phi) is 10.2. The van der Waals surface area contributed by atoms with Crippen LogP contribution in [0.1, 0.15) is 19.4 Å².